The maximum atomic E-state index is 5.51. The summed E-state index contributed by atoms with van der Waals surface area (Å²) in [6.07, 6.45) is 2.02. The molecule has 0 aliphatic carbocycles. The van der Waals surface area contributed by atoms with Crippen LogP contribution < -0.4 is 10.5 Å². The van der Waals surface area contributed by atoms with E-state index >= 15 is 0 Å². The molecule has 0 saturated heterocycles. The van der Waals surface area contributed by atoms with E-state index in [0.29, 0.717) is 12.4 Å². The van der Waals surface area contributed by atoms with Crippen molar-refractivity contribution in [3.05, 3.63) is 11.8 Å². The molecule has 0 radical (unpaired) electrons. The van der Waals surface area contributed by atoms with Crippen LogP contribution in [0.15, 0.2) is 6.20 Å². The zero-order valence-electron chi connectivity index (χ0n) is 7.74. The number of aryl methyl sites for hydroxylation is 1. The van der Waals surface area contributed by atoms with Crippen molar-refractivity contribution >= 4 is 0 Å². The Bertz CT molecular complexity index is 255. The van der Waals surface area contributed by atoms with Crippen LogP contribution in [0.4, 0.5) is 0 Å². The molecule has 1 aromatic heterocycles. The first kappa shape index (κ1) is 9.06. The molecule has 0 aliphatic heterocycles. The molecule has 4 heteroatoms. The molecule has 0 fully saturated rings. The number of hydrogen-bond acceptors (Lipinski definition) is 3. The van der Waals surface area contributed by atoms with Gasteiger partial charge in [-0.05, 0) is 13.8 Å². The number of nitrogens with two attached hydrogens (primary N) is 1. The minimum atomic E-state index is 0.144. The maximum Gasteiger partial charge on any atom is 0.237 e. The van der Waals surface area contributed by atoms with Crippen molar-refractivity contribution in [1.29, 1.82) is 0 Å². The van der Waals surface area contributed by atoms with Crippen LogP contribution in [0.25, 0.3) is 0 Å². The van der Waals surface area contributed by atoms with E-state index in [-0.39, 0.29) is 6.10 Å². The molecule has 0 aromatic carbocycles. The van der Waals surface area contributed by atoms with Crippen molar-refractivity contribution in [3.63, 3.8) is 0 Å². The Morgan fingerprint density at radius 1 is 1.67 bits per heavy atom. The van der Waals surface area contributed by atoms with Crippen molar-refractivity contribution in [2.75, 3.05) is 0 Å². The highest BCUT2D eigenvalue weighted by atomic mass is 16.5. The summed E-state index contributed by atoms with van der Waals surface area (Å²) >= 11 is 0. The summed E-state index contributed by atoms with van der Waals surface area (Å²) in [7, 11) is 1.85. The Balaban J connectivity index is 2.81. The molecule has 0 spiro atoms. The van der Waals surface area contributed by atoms with Gasteiger partial charge in [0.2, 0.25) is 5.88 Å². The minimum absolute atomic E-state index is 0.144. The number of hydrogen-bond donors (Lipinski definition) is 1. The Kier molecular flexibility index (Phi) is 2.70. The molecule has 4 nitrogen and oxygen atoms in total. The highest BCUT2D eigenvalue weighted by Crippen LogP contribution is 2.15. The van der Waals surface area contributed by atoms with Gasteiger partial charge >= 0.3 is 0 Å². The molecule has 0 aliphatic rings. The Hall–Kier alpha value is -1.03. The van der Waals surface area contributed by atoms with Gasteiger partial charge in [-0.1, -0.05) is 0 Å². The monoisotopic (exact) mass is 169 g/mol. The molecular weight excluding hydrogens is 154 g/mol. The molecule has 1 heterocycles. The van der Waals surface area contributed by atoms with E-state index in [2.05, 4.69) is 5.10 Å². The first-order valence-electron chi connectivity index (χ1n) is 4.02. The van der Waals surface area contributed by atoms with E-state index in [4.69, 9.17) is 10.5 Å². The fraction of sp³-hybridized carbons (Fsp3) is 0.625. The summed E-state index contributed by atoms with van der Waals surface area (Å²) in [5, 5.41) is 4.14. The maximum absolute atomic E-state index is 5.51. The average Bonchev–Trinajstić information content (AvgIpc) is 2.29. The molecule has 12 heavy (non-hydrogen) atoms. The van der Waals surface area contributed by atoms with E-state index in [1.165, 1.54) is 0 Å². The molecular formula is C8H15N3O. The third kappa shape index (κ3) is 1.98. The third-order valence-electron chi connectivity index (χ3n) is 1.43. The smallest absolute Gasteiger partial charge is 0.237 e. The van der Waals surface area contributed by atoms with Gasteiger partial charge in [0.15, 0.2) is 0 Å². The minimum Gasteiger partial charge on any atom is -0.474 e. The van der Waals surface area contributed by atoms with E-state index < -0.39 is 0 Å². The summed E-state index contributed by atoms with van der Waals surface area (Å²) in [5.41, 5.74) is 6.46. The molecule has 0 bridgehead atoms. The van der Waals surface area contributed by atoms with Crippen LogP contribution in [0.5, 0.6) is 5.88 Å². The zero-order chi connectivity index (χ0) is 9.14. The molecule has 1 aromatic rings. The van der Waals surface area contributed by atoms with Crippen LogP contribution in [-0.2, 0) is 13.6 Å². The summed E-state index contributed by atoms with van der Waals surface area (Å²) in [4.78, 5) is 0. The summed E-state index contributed by atoms with van der Waals surface area (Å²) < 4.78 is 7.15. The Morgan fingerprint density at radius 2 is 2.33 bits per heavy atom. The van der Waals surface area contributed by atoms with Crippen LogP contribution in [0.2, 0.25) is 0 Å². The highest BCUT2D eigenvalue weighted by molar-refractivity contribution is 5.22. The molecule has 0 amide bonds. The zero-order valence-corrected chi connectivity index (χ0v) is 7.74. The lowest BCUT2D eigenvalue weighted by Gasteiger charge is -2.06. The first-order valence-corrected chi connectivity index (χ1v) is 4.02. The lowest BCUT2D eigenvalue weighted by molar-refractivity contribution is 0.228. The topological polar surface area (TPSA) is 53.1 Å². The van der Waals surface area contributed by atoms with Gasteiger partial charge in [0, 0.05) is 25.4 Å². The fourth-order valence-corrected chi connectivity index (χ4v) is 0.980. The fourth-order valence-electron chi connectivity index (χ4n) is 0.980. The first-order chi connectivity index (χ1) is 5.63. The normalized spacial score (nSPS) is 10.8. The molecule has 68 valence electrons. The SMILES string of the molecule is CC(C)Oc1nn(C)cc1CN. The van der Waals surface area contributed by atoms with E-state index in [1.54, 1.807) is 4.68 Å². The van der Waals surface area contributed by atoms with E-state index in [1.807, 2.05) is 27.1 Å². The second-order valence-electron chi connectivity index (χ2n) is 3.00. The predicted molar refractivity (Wildman–Crippen MR) is 46.9 cm³/mol. The van der Waals surface area contributed by atoms with Crippen molar-refractivity contribution in [2.24, 2.45) is 12.8 Å². The summed E-state index contributed by atoms with van der Waals surface area (Å²) in [6.45, 7) is 4.40. The highest BCUT2D eigenvalue weighted by Gasteiger charge is 2.08. The molecule has 1 rings (SSSR count). The van der Waals surface area contributed by atoms with Gasteiger partial charge in [-0.3, -0.25) is 4.68 Å². The number of rotatable bonds is 3. The standard InChI is InChI=1S/C8H15N3O/c1-6(2)12-8-7(4-9)5-11(3)10-8/h5-6H,4,9H2,1-3H3. The lowest BCUT2D eigenvalue weighted by Crippen LogP contribution is -2.08. The van der Waals surface area contributed by atoms with Gasteiger partial charge in [-0.2, -0.15) is 0 Å². The second kappa shape index (κ2) is 3.58. The lowest BCUT2D eigenvalue weighted by atomic mass is 10.3. The van der Waals surface area contributed by atoms with E-state index in [0.717, 1.165) is 5.56 Å². The molecule has 0 unspecified atom stereocenters. The van der Waals surface area contributed by atoms with Crippen molar-refractivity contribution in [2.45, 2.75) is 26.5 Å². The van der Waals surface area contributed by atoms with Gasteiger partial charge in [-0.15, -0.1) is 5.10 Å². The van der Waals surface area contributed by atoms with Gasteiger partial charge in [0.25, 0.3) is 0 Å². The quantitative estimate of drug-likeness (QED) is 0.723. The Labute approximate surface area is 72.3 Å². The molecule has 0 saturated carbocycles. The second-order valence-corrected chi connectivity index (χ2v) is 3.00. The van der Waals surface area contributed by atoms with Crippen molar-refractivity contribution in [3.8, 4) is 5.88 Å². The van der Waals surface area contributed by atoms with Gasteiger partial charge in [0.1, 0.15) is 0 Å². The number of aromatic nitrogens is 2. The van der Waals surface area contributed by atoms with Crippen LogP contribution >= 0.6 is 0 Å². The molecule has 2 N–H and O–H groups in total. The largest absolute Gasteiger partial charge is 0.474 e. The Morgan fingerprint density at radius 3 is 2.83 bits per heavy atom. The van der Waals surface area contributed by atoms with Gasteiger partial charge in [-0.25, -0.2) is 0 Å². The van der Waals surface area contributed by atoms with Crippen LogP contribution in [0.3, 0.4) is 0 Å². The van der Waals surface area contributed by atoms with Crippen LogP contribution in [-0.4, -0.2) is 15.9 Å². The summed E-state index contributed by atoms with van der Waals surface area (Å²) in [6, 6.07) is 0. The molecule has 0 atom stereocenters. The number of ether oxygens (including phenoxy) is 1. The van der Waals surface area contributed by atoms with Gasteiger partial charge < -0.3 is 10.5 Å². The predicted octanol–water partition coefficient (Wildman–Crippen LogP) is 0.666. The van der Waals surface area contributed by atoms with Crippen LogP contribution in [0, 0.1) is 0 Å². The third-order valence-corrected chi connectivity index (χ3v) is 1.43. The van der Waals surface area contributed by atoms with Gasteiger partial charge in [0.05, 0.1) is 6.10 Å². The van der Waals surface area contributed by atoms with E-state index in [9.17, 15) is 0 Å². The van der Waals surface area contributed by atoms with Crippen LogP contribution in [0.1, 0.15) is 19.4 Å². The number of nitrogens with zero attached hydrogens (tertiary/aromatic N) is 2. The van der Waals surface area contributed by atoms with Crippen molar-refractivity contribution < 1.29 is 4.74 Å². The van der Waals surface area contributed by atoms with Crippen molar-refractivity contribution in [1.82, 2.24) is 9.78 Å². The summed E-state index contributed by atoms with van der Waals surface area (Å²) in [5.74, 6) is 0.648. The average molecular weight is 169 g/mol.